The van der Waals surface area contributed by atoms with Crippen LogP contribution in [0.2, 0.25) is 0 Å². The van der Waals surface area contributed by atoms with Gasteiger partial charge in [-0.3, -0.25) is 4.98 Å². The summed E-state index contributed by atoms with van der Waals surface area (Å²) in [6.07, 6.45) is 3.93. The topological polar surface area (TPSA) is 36.4 Å². The maximum Gasteiger partial charge on any atom is 0.0931 e. The number of hydrogen-bond acceptors (Lipinski definition) is 3. The Kier molecular flexibility index (Phi) is 3.38. The minimum absolute atomic E-state index is 0.390. The first kappa shape index (κ1) is 12.4. The van der Waals surface area contributed by atoms with Crippen molar-refractivity contribution in [2.24, 2.45) is 5.41 Å². The van der Waals surface area contributed by atoms with E-state index in [2.05, 4.69) is 29.8 Å². The Morgan fingerprint density at radius 2 is 2.18 bits per heavy atom. The molecule has 3 nitrogen and oxygen atoms in total. The lowest BCUT2D eigenvalue weighted by molar-refractivity contribution is 0.194. The van der Waals surface area contributed by atoms with Crippen molar-refractivity contribution in [1.29, 1.82) is 0 Å². The van der Waals surface area contributed by atoms with E-state index in [9.17, 15) is 5.11 Å². The molecule has 2 rings (SSSR count). The number of aromatic nitrogens is 1. The maximum atomic E-state index is 9.43. The Morgan fingerprint density at radius 1 is 1.41 bits per heavy atom. The first-order valence-electron chi connectivity index (χ1n) is 6.37. The highest BCUT2D eigenvalue weighted by atomic mass is 16.3. The number of piperidine rings is 1. The maximum absolute atomic E-state index is 9.43. The van der Waals surface area contributed by atoms with E-state index in [-0.39, 0.29) is 0 Å². The van der Waals surface area contributed by atoms with E-state index in [1.54, 1.807) is 6.92 Å². The number of hydrogen-bond donors (Lipinski definition) is 1. The zero-order valence-electron chi connectivity index (χ0n) is 11.0. The van der Waals surface area contributed by atoms with Gasteiger partial charge >= 0.3 is 0 Å². The van der Waals surface area contributed by atoms with Crippen LogP contribution in [0.1, 0.15) is 45.4 Å². The second-order valence-corrected chi connectivity index (χ2v) is 5.81. The van der Waals surface area contributed by atoms with Crippen LogP contribution in [0.25, 0.3) is 0 Å². The van der Waals surface area contributed by atoms with Crippen LogP contribution in [0.5, 0.6) is 0 Å². The Morgan fingerprint density at radius 3 is 2.71 bits per heavy atom. The number of aliphatic hydroxyl groups excluding tert-OH is 1. The summed E-state index contributed by atoms with van der Waals surface area (Å²) in [7, 11) is 0. The molecular weight excluding hydrogens is 212 g/mol. The monoisotopic (exact) mass is 234 g/mol. The predicted octanol–water partition coefficient (Wildman–Crippen LogP) is 2.76. The second kappa shape index (κ2) is 4.65. The summed E-state index contributed by atoms with van der Waals surface area (Å²) in [5.74, 6) is 0. The molecule has 1 aromatic heterocycles. The van der Waals surface area contributed by atoms with E-state index in [1.165, 1.54) is 18.5 Å². The molecule has 0 aliphatic carbocycles. The fraction of sp³-hybridized carbons (Fsp3) is 0.643. The minimum atomic E-state index is -0.484. The van der Waals surface area contributed by atoms with Gasteiger partial charge in [-0.05, 0) is 37.3 Å². The van der Waals surface area contributed by atoms with Gasteiger partial charge in [0.2, 0.25) is 0 Å². The van der Waals surface area contributed by atoms with E-state index in [0.29, 0.717) is 5.41 Å². The molecule has 0 radical (unpaired) electrons. The third kappa shape index (κ3) is 2.97. The first-order chi connectivity index (χ1) is 7.98. The molecule has 1 atom stereocenters. The summed E-state index contributed by atoms with van der Waals surface area (Å²) in [5, 5.41) is 9.43. The van der Waals surface area contributed by atoms with E-state index in [1.807, 2.05) is 12.3 Å². The molecule has 0 amide bonds. The third-order valence-electron chi connectivity index (χ3n) is 3.46. The van der Waals surface area contributed by atoms with Crippen LogP contribution in [0.15, 0.2) is 18.3 Å². The molecule has 0 saturated carbocycles. The molecule has 1 aliphatic heterocycles. The highest BCUT2D eigenvalue weighted by molar-refractivity contribution is 5.45. The van der Waals surface area contributed by atoms with Gasteiger partial charge in [0.1, 0.15) is 0 Å². The van der Waals surface area contributed by atoms with Crippen molar-refractivity contribution in [3.05, 3.63) is 24.0 Å². The van der Waals surface area contributed by atoms with Gasteiger partial charge in [0.25, 0.3) is 0 Å². The van der Waals surface area contributed by atoms with Gasteiger partial charge < -0.3 is 10.0 Å². The van der Waals surface area contributed by atoms with Crippen molar-refractivity contribution in [2.45, 2.75) is 39.7 Å². The highest BCUT2D eigenvalue weighted by Crippen LogP contribution is 2.31. The van der Waals surface area contributed by atoms with Crippen LogP contribution in [-0.2, 0) is 0 Å². The lowest BCUT2D eigenvalue weighted by Gasteiger charge is -2.39. The number of aliphatic hydroxyl groups is 1. The Labute approximate surface area is 103 Å². The van der Waals surface area contributed by atoms with E-state index in [0.717, 1.165) is 18.8 Å². The third-order valence-corrected chi connectivity index (χ3v) is 3.46. The van der Waals surface area contributed by atoms with Crippen molar-refractivity contribution in [3.63, 3.8) is 0 Å². The minimum Gasteiger partial charge on any atom is -0.387 e. The SMILES string of the molecule is CC(O)c1ccc(N2CCCC(C)(C)C2)cn1. The number of pyridine rings is 1. The van der Waals surface area contributed by atoms with E-state index < -0.39 is 6.10 Å². The molecule has 0 aromatic carbocycles. The fourth-order valence-corrected chi connectivity index (χ4v) is 2.48. The number of nitrogens with zero attached hydrogens (tertiary/aromatic N) is 2. The van der Waals surface area contributed by atoms with Crippen LogP contribution in [-0.4, -0.2) is 23.2 Å². The highest BCUT2D eigenvalue weighted by Gasteiger charge is 2.26. The zero-order valence-corrected chi connectivity index (χ0v) is 11.0. The second-order valence-electron chi connectivity index (χ2n) is 5.81. The standard InChI is InChI=1S/C14H22N2O/c1-11(17)13-6-5-12(9-15-13)16-8-4-7-14(2,3)10-16/h5-6,9,11,17H,4,7-8,10H2,1-3H3. The van der Waals surface area contributed by atoms with Crippen molar-refractivity contribution < 1.29 is 5.11 Å². The Bertz CT molecular complexity index is 370. The summed E-state index contributed by atoms with van der Waals surface area (Å²) in [6, 6.07) is 3.98. The van der Waals surface area contributed by atoms with Crippen LogP contribution in [0.4, 0.5) is 5.69 Å². The van der Waals surface area contributed by atoms with Gasteiger partial charge in [-0.1, -0.05) is 13.8 Å². The van der Waals surface area contributed by atoms with E-state index >= 15 is 0 Å². The molecule has 1 N–H and O–H groups in total. The predicted molar refractivity (Wildman–Crippen MR) is 70.1 cm³/mol. The van der Waals surface area contributed by atoms with Crippen LogP contribution in [0, 0.1) is 5.41 Å². The molecule has 1 aliphatic rings. The normalized spacial score (nSPS) is 21.3. The molecule has 1 fully saturated rings. The molecule has 1 saturated heterocycles. The van der Waals surface area contributed by atoms with Gasteiger partial charge in [0, 0.05) is 13.1 Å². The average molecular weight is 234 g/mol. The Hall–Kier alpha value is -1.09. The van der Waals surface area contributed by atoms with Crippen LogP contribution in [0.3, 0.4) is 0 Å². The largest absolute Gasteiger partial charge is 0.387 e. The molecular formula is C14H22N2O. The molecule has 1 unspecified atom stereocenters. The van der Waals surface area contributed by atoms with Gasteiger partial charge in [-0.25, -0.2) is 0 Å². The van der Waals surface area contributed by atoms with Gasteiger partial charge in [0.05, 0.1) is 23.7 Å². The smallest absolute Gasteiger partial charge is 0.0931 e. The lowest BCUT2D eigenvalue weighted by atomic mass is 9.84. The zero-order chi connectivity index (χ0) is 12.5. The summed E-state index contributed by atoms with van der Waals surface area (Å²) in [5.41, 5.74) is 2.30. The molecule has 17 heavy (non-hydrogen) atoms. The number of anilines is 1. The van der Waals surface area contributed by atoms with E-state index in [4.69, 9.17) is 0 Å². The molecule has 3 heteroatoms. The quantitative estimate of drug-likeness (QED) is 0.854. The van der Waals surface area contributed by atoms with Crippen molar-refractivity contribution >= 4 is 5.69 Å². The summed E-state index contributed by atoms with van der Waals surface area (Å²) >= 11 is 0. The Balaban J connectivity index is 2.12. The molecule has 0 spiro atoms. The van der Waals surface area contributed by atoms with Gasteiger partial charge in [0.15, 0.2) is 0 Å². The fourth-order valence-electron chi connectivity index (χ4n) is 2.48. The average Bonchev–Trinajstić information content (AvgIpc) is 2.28. The van der Waals surface area contributed by atoms with Crippen LogP contribution < -0.4 is 4.90 Å². The molecule has 0 bridgehead atoms. The molecule has 94 valence electrons. The molecule has 2 heterocycles. The van der Waals surface area contributed by atoms with Gasteiger partial charge in [-0.2, -0.15) is 0 Å². The summed E-state index contributed by atoms with van der Waals surface area (Å²) in [4.78, 5) is 6.70. The van der Waals surface area contributed by atoms with Crippen LogP contribution >= 0.6 is 0 Å². The summed E-state index contributed by atoms with van der Waals surface area (Å²) < 4.78 is 0. The first-order valence-corrected chi connectivity index (χ1v) is 6.37. The summed E-state index contributed by atoms with van der Waals surface area (Å²) in [6.45, 7) is 8.57. The number of rotatable bonds is 2. The molecule has 1 aromatic rings. The van der Waals surface area contributed by atoms with Crippen molar-refractivity contribution in [2.75, 3.05) is 18.0 Å². The van der Waals surface area contributed by atoms with Gasteiger partial charge in [-0.15, -0.1) is 0 Å². The van der Waals surface area contributed by atoms with Crippen molar-refractivity contribution in [1.82, 2.24) is 4.98 Å². The lowest BCUT2D eigenvalue weighted by Crippen LogP contribution is -2.40. The van der Waals surface area contributed by atoms with Crippen molar-refractivity contribution in [3.8, 4) is 0 Å².